The van der Waals surface area contributed by atoms with Gasteiger partial charge in [-0.25, -0.2) is 0 Å². The third-order valence-corrected chi connectivity index (χ3v) is 6.48. The van der Waals surface area contributed by atoms with Gasteiger partial charge >= 0.3 is 0 Å². The van der Waals surface area contributed by atoms with Gasteiger partial charge in [-0.3, -0.25) is 14.9 Å². The van der Waals surface area contributed by atoms with Gasteiger partial charge in [-0.15, -0.1) is 0 Å². The molecule has 1 aliphatic heterocycles. The molecule has 2 aromatic carbocycles. The molecule has 0 spiro atoms. The quantitative estimate of drug-likeness (QED) is 0.302. The summed E-state index contributed by atoms with van der Waals surface area (Å²) in [4.78, 5) is 25.8. The van der Waals surface area contributed by atoms with Gasteiger partial charge in [-0.1, -0.05) is 53.3 Å². The van der Waals surface area contributed by atoms with Crippen LogP contribution in [0.4, 0.5) is 17.1 Å². The number of halogens is 4. The highest BCUT2D eigenvalue weighted by Crippen LogP contribution is 2.41. The van der Waals surface area contributed by atoms with Crippen LogP contribution in [0.5, 0.6) is 0 Å². The third-order valence-electron chi connectivity index (χ3n) is 4.91. The number of nitrogens with zero attached hydrogens (tertiary/aromatic N) is 2. The first-order valence-corrected chi connectivity index (χ1v) is 10.4. The number of carbonyl (C=O) groups is 1. The highest BCUT2D eigenvalue weighted by atomic mass is 35.5. The summed E-state index contributed by atoms with van der Waals surface area (Å²) < 4.78 is 0. The Balaban J connectivity index is 1.91. The van der Waals surface area contributed by atoms with Crippen LogP contribution in [0.1, 0.15) is 30.1 Å². The number of nitro groups is 1. The molecule has 1 amide bonds. The first-order valence-electron chi connectivity index (χ1n) is 8.86. The lowest BCUT2D eigenvalue weighted by Gasteiger charge is -2.31. The Morgan fingerprint density at radius 2 is 1.69 bits per heavy atom. The summed E-state index contributed by atoms with van der Waals surface area (Å²) in [6.45, 7) is 3.64. The van der Waals surface area contributed by atoms with Crippen molar-refractivity contribution in [1.29, 1.82) is 0 Å². The van der Waals surface area contributed by atoms with E-state index in [1.165, 1.54) is 18.2 Å². The molecule has 6 nitrogen and oxygen atoms in total. The fourth-order valence-electron chi connectivity index (χ4n) is 3.20. The summed E-state index contributed by atoms with van der Waals surface area (Å²) >= 11 is 24.2. The Morgan fingerprint density at radius 3 is 2.24 bits per heavy atom. The maximum atomic E-state index is 12.7. The smallest absolute Gasteiger partial charge is 0.293 e. The molecule has 0 aliphatic carbocycles. The lowest BCUT2D eigenvalue weighted by atomic mass is 9.98. The zero-order valence-corrected chi connectivity index (χ0v) is 18.4. The number of carbonyl (C=O) groups excluding carboxylic acids is 1. The van der Waals surface area contributed by atoms with Crippen LogP contribution in [-0.4, -0.2) is 23.9 Å². The van der Waals surface area contributed by atoms with Crippen LogP contribution in [0, 0.1) is 16.0 Å². The number of hydrogen-bond acceptors (Lipinski definition) is 4. The second kappa shape index (κ2) is 8.96. The SMILES string of the molecule is CC1CCN(c2ccc(C(=O)Nc3c(Cl)c(Cl)cc(Cl)c3Cl)cc2[N+](=O)[O-])CC1. The summed E-state index contributed by atoms with van der Waals surface area (Å²) in [7, 11) is 0. The topological polar surface area (TPSA) is 75.5 Å². The summed E-state index contributed by atoms with van der Waals surface area (Å²) in [5.41, 5.74) is 0.510. The van der Waals surface area contributed by atoms with Gasteiger partial charge < -0.3 is 10.2 Å². The molecule has 1 saturated heterocycles. The van der Waals surface area contributed by atoms with Crippen molar-refractivity contribution in [3.05, 3.63) is 60.0 Å². The average molecular weight is 477 g/mol. The minimum Gasteiger partial charge on any atom is -0.366 e. The van der Waals surface area contributed by atoms with E-state index in [4.69, 9.17) is 46.4 Å². The highest BCUT2D eigenvalue weighted by Gasteiger charge is 2.25. The molecule has 29 heavy (non-hydrogen) atoms. The number of piperidine rings is 1. The van der Waals surface area contributed by atoms with Crippen molar-refractivity contribution in [3.8, 4) is 0 Å². The Labute approximate surface area is 187 Å². The van der Waals surface area contributed by atoms with Crippen molar-refractivity contribution in [2.75, 3.05) is 23.3 Å². The number of anilines is 2. The van der Waals surface area contributed by atoms with Gasteiger partial charge in [0.2, 0.25) is 0 Å². The van der Waals surface area contributed by atoms with Gasteiger partial charge in [0.25, 0.3) is 11.6 Å². The second-order valence-corrected chi connectivity index (χ2v) is 8.50. The molecule has 0 saturated carbocycles. The number of amides is 1. The van der Waals surface area contributed by atoms with E-state index in [1.807, 2.05) is 4.90 Å². The van der Waals surface area contributed by atoms with Crippen molar-refractivity contribution in [1.82, 2.24) is 0 Å². The Morgan fingerprint density at radius 1 is 1.10 bits per heavy atom. The van der Waals surface area contributed by atoms with E-state index in [9.17, 15) is 14.9 Å². The molecule has 1 N–H and O–H groups in total. The Hall–Kier alpha value is -1.73. The van der Waals surface area contributed by atoms with Gasteiger partial charge in [0, 0.05) is 24.7 Å². The Kier molecular flexibility index (Phi) is 6.79. The highest BCUT2D eigenvalue weighted by molar-refractivity contribution is 6.50. The maximum absolute atomic E-state index is 12.7. The fourth-order valence-corrected chi connectivity index (χ4v) is 4.10. The molecule has 0 radical (unpaired) electrons. The molecule has 0 unspecified atom stereocenters. The third kappa shape index (κ3) is 4.72. The second-order valence-electron chi connectivity index (χ2n) is 6.93. The first-order chi connectivity index (χ1) is 13.7. The minimum atomic E-state index is -0.617. The van der Waals surface area contributed by atoms with Crippen LogP contribution in [0.3, 0.4) is 0 Å². The van der Waals surface area contributed by atoms with Crippen molar-refractivity contribution < 1.29 is 9.72 Å². The molecule has 0 atom stereocenters. The van der Waals surface area contributed by atoms with Crippen molar-refractivity contribution >= 4 is 69.4 Å². The maximum Gasteiger partial charge on any atom is 0.293 e. The molecule has 0 bridgehead atoms. The predicted octanol–water partition coefficient (Wildman–Crippen LogP) is 6.70. The molecule has 3 rings (SSSR count). The minimum absolute atomic E-state index is 0.0305. The average Bonchev–Trinajstić information content (AvgIpc) is 2.69. The lowest BCUT2D eigenvalue weighted by Crippen LogP contribution is -2.33. The standard InChI is InChI=1S/C19H17Cl4N3O3/c1-10-4-6-25(7-5-10)14-3-2-11(8-15(14)26(28)29)19(27)24-18-16(22)12(20)9-13(21)17(18)23/h2-3,8-10H,4-7H2,1H3,(H,24,27). The van der Waals surface area contributed by atoms with E-state index in [0.29, 0.717) is 11.6 Å². The number of nitro benzene ring substituents is 1. The molecule has 1 heterocycles. The van der Waals surface area contributed by atoms with Crippen LogP contribution in [0.25, 0.3) is 0 Å². The fraction of sp³-hybridized carbons (Fsp3) is 0.316. The number of rotatable bonds is 4. The summed E-state index contributed by atoms with van der Waals surface area (Å²) in [5, 5.41) is 14.5. The molecule has 0 aromatic heterocycles. The lowest BCUT2D eigenvalue weighted by molar-refractivity contribution is -0.384. The predicted molar refractivity (Wildman–Crippen MR) is 118 cm³/mol. The van der Waals surface area contributed by atoms with E-state index in [-0.39, 0.29) is 37.0 Å². The van der Waals surface area contributed by atoms with E-state index in [1.54, 1.807) is 6.07 Å². The zero-order valence-electron chi connectivity index (χ0n) is 15.3. The molecule has 1 fully saturated rings. The molecular weight excluding hydrogens is 460 g/mol. The molecule has 154 valence electrons. The van der Waals surface area contributed by atoms with Gasteiger partial charge in [0.05, 0.1) is 30.7 Å². The van der Waals surface area contributed by atoms with Gasteiger partial charge in [0.1, 0.15) is 5.69 Å². The molecule has 10 heteroatoms. The number of hydrogen-bond donors (Lipinski definition) is 1. The summed E-state index contributed by atoms with van der Waals surface area (Å²) in [6.07, 6.45) is 1.93. The first kappa shape index (κ1) is 22.0. The van der Waals surface area contributed by atoms with Gasteiger partial charge in [0.15, 0.2) is 0 Å². The Bertz CT molecular complexity index is 949. The molecular formula is C19H17Cl4N3O3. The van der Waals surface area contributed by atoms with E-state index in [2.05, 4.69) is 12.2 Å². The van der Waals surface area contributed by atoms with Crippen LogP contribution in [0.2, 0.25) is 20.1 Å². The van der Waals surface area contributed by atoms with Crippen LogP contribution < -0.4 is 10.2 Å². The van der Waals surface area contributed by atoms with Crippen molar-refractivity contribution in [3.63, 3.8) is 0 Å². The number of nitrogens with one attached hydrogen (secondary N) is 1. The van der Waals surface area contributed by atoms with Crippen LogP contribution in [-0.2, 0) is 0 Å². The zero-order chi connectivity index (χ0) is 21.3. The summed E-state index contributed by atoms with van der Waals surface area (Å²) in [6, 6.07) is 5.74. The molecule has 2 aromatic rings. The van der Waals surface area contributed by atoms with Crippen LogP contribution >= 0.6 is 46.4 Å². The van der Waals surface area contributed by atoms with Crippen molar-refractivity contribution in [2.24, 2.45) is 5.92 Å². The van der Waals surface area contributed by atoms with Gasteiger partial charge in [-0.2, -0.15) is 0 Å². The largest absolute Gasteiger partial charge is 0.366 e. The van der Waals surface area contributed by atoms with E-state index < -0.39 is 10.8 Å². The van der Waals surface area contributed by atoms with Crippen LogP contribution in [0.15, 0.2) is 24.3 Å². The normalized spacial score (nSPS) is 14.7. The van der Waals surface area contributed by atoms with Gasteiger partial charge in [-0.05, 0) is 37.0 Å². The monoisotopic (exact) mass is 475 g/mol. The summed E-state index contributed by atoms with van der Waals surface area (Å²) in [5.74, 6) is -0.0246. The van der Waals surface area contributed by atoms with E-state index in [0.717, 1.165) is 25.9 Å². The number of benzene rings is 2. The van der Waals surface area contributed by atoms with Crippen molar-refractivity contribution in [2.45, 2.75) is 19.8 Å². The van der Waals surface area contributed by atoms with E-state index >= 15 is 0 Å². The molecule has 1 aliphatic rings.